The van der Waals surface area contributed by atoms with Crippen molar-refractivity contribution in [2.24, 2.45) is 0 Å². The first-order valence-electron chi connectivity index (χ1n) is 1.93. The van der Waals surface area contributed by atoms with Crippen LogP contribution in [0.5, 0.6) is 0 Å². The molecule has 40 valence electrons. The molecule has 0 spiro atoms. The van der Waals surface area contributed by atoms with Gasteiger partial charge in [-0.1, -0.05) is 0 Å². The molecule has 0 N–H and O–H groups in total. The summed E-state index contributed by atoms with van der Waals surface area (Å²) < 4.78 is 2.37. The van der Waals surface area contributed by atoms with Crippen molar-refractivity contribution >= 4 is 22.0 Å². The molecular formula is C5H13I. The van der Waals surface area contributed by atoms with Crippen molar-refractivity contribution in [1.82, 2.24) is 0 Å². The molecule has 6 heavy (non-hydrogen) atoms. The van der Waals surface area contributed by atoms with Gasteiger partial charge in [-0.15, -0.1) is 0 Å². The molecule has 0 aliphatic heterocycles. The van der Waals surface area contributed by atoms with Gasteiger partial charge in [-0.05, 0) is 0 Å². The second-order valence-corrected chi connectivity index (χ2v) is 13.5. The zero-order valence-electron chi connectivity index (χ0n) is 4.96. The van der Waals surface area contributed by atoms with Gasteiger partial charge < -0.3 is 0 Å². The quantitative estimate of drug-likeness (QED) is 0.412. The molecule has 0 saturated carbocycles. The van der Waals surface area contributed by atoms with E-state index in [1.807, 2.05) is 0 Å². The van der Waals surface area contributed by atoms with E-state index in [-0.39, 0.29) is 0 Å². The van der Waals surface area contributed by atoms with E-state index in [0.717, 1.165) is 0 Å². The van der Waals surface area contributed by atoms with E-state index in [9.17, 15) is 0 Å². The summed E-state index contributed by atoms with van der Waals surface area (Å²) in [7, 11) is 0. The van der Waals surface area contributed by atoms with Crippen LogP contribution in [0.1, 0.15) is 6.92 Å². The minimum atomic E-state index is -1.10. The number of halogens is 1. The fourth-order valence-electron chi connectivity index (χ4n) is 0. The molecule has 0 aromatic carbocycles. The SMILES string of the molecule is CC=I(C)(C)C. The molecule has 0 aliphatic rings. The Hall–Kier alpha value is 0.600. The van der Waals surface area contributed by atoms with Crippen LogP contribution in [0.15, 0.2) is 0 Å². The molecule has 0 nitrogen and oxygen atoms in total. The van der Waals surface area contributed by atoms with E-state index in [4.69, 9.17) is 0 Å². The van der Waals surface area contributed by atoms with E-state index in [0.29, 0.717) is 0 Å². The second-order valence-electron chi connectivity index (χ2n) is 2.01. The fourth-order valence-corrected chi connectivity index (χ4v) is 0. The van der Waals surface area contributed by atoms with Crippen LogP contribution in [0.4, 0.5) is 0 Å². The molecule has 0 amide bonds. The Bertz CT molecular complexity index is 67.7. The van der Waals surface area contributed by atoms with Crippen molar-refractivity contribution < 1.29 is 0 Å². The Morgan fingerprint density at radius 3 is 1.33 bits per heavy atom. The third-order valence-electron chi connectivity index (χ3n) is 0.655. The Kier molecular flexibility index (Phi) is 2.26. The van der Waals surface area contributed by atoms with Gasteiger partial charge in [0.25, 0.3) is 0 Å². The summed E-state index contributed by atoms with van der Waals surface area (Å²) in [6.07, 6.45) is 0. The first-order chi connectivity index (χ1) is 2.56. The zero-order chi connectivity index (χ0) is 5.21. The molecule has 0 aliphatic carbocycles. The molecule has 0 aromatic rings. The van der Waals surface area contributed by atoms with Crippen LogP contribution in [0.3, 0.4) is 0 Å². The molecule has 0 fully saturated rings. The Morgan fingerprint density at radius 1 is 1.17 bits per heavy atom. The standard InChI is InChI=1S/C5H13I/c1-5-6(2,3)4/h5H,1-4H3. The van der Waals surface area contributed by atoms with Gasteiger partial charge in [0, 0.05) is 0 Å². The van der Waals surface area contributed by atoms with Crippen LogP contribution < -0.4 is 0 Å². The maximum absolute atomic E-state index is 2.37. The third-order valence-corrected chi connectivity index (χ3v) is 4.39. The fraction of sp³-hybridized carbons (Fsp3) is 0.800. The molecule has 0 aromatic heterocycles. The molecule has 0 unspecified atom stereocenters. The van der Waals surface area contributed by atoms with E-state index in [1.54, 1.807) is 0 Å². The van der Waals surface area contributed by atoms with Crippen molar-refractivity contribution in [2.75, 3.05) is 14.8 Å². The van der Waals surface area contributed by atoms with Gasteiger partial charge in [0.1, 0.15) is 0 Å². The zero-order valence-corrected chi connectivity index (χ0v) is 7.11. The third kappa shape index (κ3) is 4.60. The molecule has 0 radical (unpaired) electrons. The molecule has 0 rings (SSSR count). The van der Waals surface area contributed by atoms with Gasteiger partial charge in [-0.3, -0.25) is 0 Å². The van der Waals surface area contributed by atoms with E-state index >= 15 is 0 Å². The van der Waals surface area contributed by atoms with Crippen molar-refractivity contribution in [3.63, 3.8) is 0 Å². The molecular weight excluding hydrogens is 187 g/mol. The number of hydrogen-bond acceptors (Lipinski definition) is 0. The Balaban J connectivity index is 3.79. The van der Waals surface area contributed by atoms with Crippen molar-refractivity contribution in [1.29, 1.82) is 0 Å². The van der Waals surface area contributed by atoms with Crippen molar-refractivity contribution in [2.45, 2.75) is 6.92 Å². The first-order valence-corrected chi connectivity index (χ1v) is 9.65. The van der Waals surface area contributed by atoms with Crippen molar-refractivity contribution in [3.05, 3.63) is 0 Å². The van der Waals surface area contributed by atoms with Crippen LogP contribution in [-0.2, 0) is 0 Å². The van der Waals surface area contributed by atoms with Crippen LogP contribution >= 0.6 is 18.0 Å². The predicted octanol–water partition coefficient (Wildman–Crippen LogP) is 1.74. The van der Waals surface area contributed by atoms with E-state index in [2.05, 4.69) is 25.7 Å². The Labute approximate surface area is 43.9 Å². The van der Waals surface area contributed by atoms with Gasteiger partial charge in [-0.25, -0.2) is 0 Å². The molecule has 1 heteroatoms. The van der Waals surface area contributed by atoms with E-state index in [1.165, 1.54) is 0 Å². The normalized spacial score (nSPS) is 14.0. The minimum absolute atomic E-state index is 1.10. The molecule has 0 saturated heterocycles. The van der Waals surface area contributed by atoms with Crippen LogP contribution in [0.2, 0.25) is 0 Å². The van der Waals surface area contributed by atoms with Crippen LogP contribution in [0, 0.1) is 0 Å². The number of alkyl halides is 3. The summed E-state index contributed by atoms with van der Waals surface area (Å²) in [5, 5.41) is 0. The summed E-state index contributed by atoms with van der Waals surface area (Å²) in [6.45, 7) is 2.16. The molecule has 0 atom stereocenters. The monoisotopic (exact) mass is 200 g/mol. The second kappa shape index (κ2) is 2.05. The summed E-state index contributed by atoms with van der Waals surface area (Å²) in [5.41, 5.74) is 0. The Morgan fingerprint density at radius 2 is 1.33 bits per heavy atom. The number of rotatable bonds is 0. The summed E-state index contributed by atoms with van der Waals surface area (Å²) in [4.78, 5) is 7.10. The van der Waals surface area contributed by atoms with Gasteiger partial charge >= 0.3 is 43.7 Å². The van der Waals surface area contributed by atoms with Gasteiger partial charge in [0.05, 0.1) is 0 Å². The average molecular weight is 200 g/mol. The predicted molar refractivity (Wildman–Crippen MR) is 43.5 cm³/mol. The van der Waals surface area contributed by atoms with Gasteiger partial charge in [0.2, 0.25) is 0 Å². The topological polar surface area (TPSA) is 0 Å². The van der Waals surface area contributed by atoms with Crippen LogP contribution in [0.25, 0.3) is 0 Å². The van der Waals surface area contributed by atoms with Crippen LogP contribution in [-0.4, -0.2) is 18.8 Å². The van der Waals surface area contributed by atoms with Crippen molar-refractivity contribution in [3.8, 4) is 0 Å². The first kappa shape index (κ1) is 6.60. The summed E-state index contributed by atoms with van der Waals surface area (Å²) in [5.74, 6) is 0. The summed E-state index contributed by atoms with van der Waals surface area (Å²) >= 11 is -1.10. The summed E-state index contributed by atoms with van der Waals surface area (Å²) in [6, 6.07) is 0. The molecule has 0 bridgehead atoms. The number of hydrogen-bond donors (Lipinski definition) is 0. The van der Waals surface area contributed by atoms with Gasteiger partial charge in [0.15, 0.2) is 0 Å². The molecule has 0 heterocycles. The van der Waals surface area contributed by atoms with E-state index < -0.39 is 18.0 Å². The van der Waals surface area contributed by atoms with Gasteiger partial charge in [-0.2, -0.15) is 0 Å². The maximum atomic E-state index is 2.37. The average Bonchev–Trinajstić information content (AvgIpc) is 1.35.